The van der Waals surface area contributed by atoms with E-state index in [1.807, 2.05) is 0 Å². The molecule has 0 unspecified atom stereocenters. The SMILES string of the molecule is C=C(CC(N)=O)[C@@H](C(C)=O)N(C)C. The Labute approximate surface area is 78.4 Å². The molecular weight excluding hydrogens is 168 g/mol. The van der Waals surface area contributed by atoms with Gasteiger partial charge in [-0.3, -0.25) is 14.5 Å². The Morgan fingerprint density at radius 2 is 1.92 bits per heavy atom. The largest absolute Gasteiger partial charge is 0.369 e. The number of nitrogens with two attached hydrogens (primary N) is 1. The summed E-state index contributed by atoms with van der Waals surface area (Å²) < 4.78 is 0. The van der Waals surface area contributed by atoms with Gasteiger partial charge in [0.1, 0.15) is 0 Å². The van der Waals surface area contributed by atoms with E-state index in [0.717, 1.165) is 0 Å². The highest BCUT2D eigenvalue weighted by molar-refractivity contribution is 5.87. The number of hydrogen-bond donors (Lipinski definition) is 1. The maximum absolute atomic E-state index is 11.2. The molecule has 0 rings (SSSR count). The van der Waals surface area contributed by atoms with E-state index in [9.17, 15) is 9.59 Å². The summed E-state index contributed by atoms with van der Waals surface area (Å²) in [6, 6.07) is -0.410. The molecular formula is C9H16N2O2. The normalized spacial score (nSPS) is 12.6. The number of likely N-dealkylation sites (N-methyl/N-ethyl adjacent to an activating group) is 1. The minimum atomic E-state index is -0.460. The van der Waals surface area contributed by atoms with E-state index in [2.05, 4.69) is 6.58 Å². The van der Waals surface area contributed by atoms with Crippen LogP contribution in [0.1, 0.15) is 13.3 Å². The predicted octanol–water partition coefficient (Wildman–Crippen LogP) is -0.0628. The third-order valence-electron chi connectivity index (χ3n) is 1.69. The van der Waals surface area contributed by atoms with Crippen LogP contribution in [0.5, 0.6) is 0 Å². The minimum Gasteiger partial charge on any atom is -0.369 e. The van der Waals surface area contributed by atoms with Crippen molar-refractivity contribution in [3.8, 4) is 0 Å². The average molecular weight is 184 g/mol. The van der Waals surface area contributed by atoms with Crippen LogP contribution >= 0.6 is 0 Å². The van der Waals surface area contributed by atoms with E-state index in [-0.39, 0.29) is 12.2 Å². The van der Waals surface area contributed by atoms with Gasteiger partial charge in [-0.1, -0.05) is 6.58 Å². The van der Waals surface area contributed by atoms with Gasteiger partial charge >= 0.3 is 0 Å². The first-order valence-corrected chi connectivity index (χ1v) is 3.99. The highest BCUT2D eigenvalue weighted by atomic mass is 16.1. The van der Waals surface area contributed by atoms with Crippen LogP contribution in [0.15, 0.2) is 12.2 Å². The van der Waals surface area contributed by atoms with Crippen molar-refractivity contribution in [3.63, 3.8) is 0 Å². The molecule has 0 saturated carbocycles. The summed E-state index contributed by atoms with van der Waals surface area (Å²) in [5.41, 5.74) is 5.55. The van der Waals surface area contributed by atoms with E-state index in [1.54, 1.807) is 19.0 Å². The second-order valence-electron chi connectivity index (χ2n) is 3.28. The molecule has 0 bridgehead atoms. The highest BCUT2D eigenvalue weighted by Crippen LogP contribution is 2.10. The Balaban J connectivity index is 4.47. The van der Waals surface area contributed by atoms with Gasteiger partial charge in [-0.25, -0.2) is 0 Å². The summed E-state index contributed by atoms with van der Waals surface area (Å²) in [5, 5.41) is 0. The molecule has 0 aromatic rings. The lowest BCUT2D eigenvalue weighted by Crippen LogP contribution is -2.36. The molecule has 0 aliphatic carbocycles. The van der Waals surface area contributed by atoms with Crippen LogP contribution in [0, 0.1) is 0 Å². The Kier molecular flexibility index (Phi) is 4.34. The molecule has 0 heterocycles. The molecule has 0 radical (unpaired) electrons. The molecule has 74 valence electrons. The molecule has 0 aromatic carbocycles. The van der Waals surface area contributed by atoms with Crippen LogP contribution in [-0.2, 0) is 9.59 Å². The van der Waals surface area contributed by atoms with Crippen molar-refractivity contribution >= 4 is 11.7 Å². The van der Waals surface area contributed by atoms with Gasteiger partial charge < -0.3 is 5.73 Å². The fourth-order valence-corrected chi connectivity index (χ4v) is 1.34. The summed E-state index contributed by atoms with van der Waals surface area (Å²) in [5.74, 6) is -0.491. The molecule has 0 saturated heterocycles. The number of rotatable bonds is 5. The fraction of sp³-hybridized carbons (Fsp3) is 0.556. The second kappa shape index (κ2) is 4.77. The summed E-state index contributed by atoms with van der Waals surface area (Å²) in [6.07, 6.45) is 0.0580. The molecule has 13 heavy (non-hydrogen) atoms. The van der Waals surface area contributed by atoms with Crippen LogP contribution < -0.4 is 5.73 Å². The van der Waals surface area contributed by atoms with Crippen LogP contribution in [0.3, 0.4) is 0 Å². The van der Waals surface area contributed by atoms with Crippen molar-refractivity contribution in [2.24, 2.45) is 5.73 Å². The number of Topliss-reactive ketones (excluding diaryl/α,β-unsaturated/α-hetero) is 1. The lowest BCUT2D eigenvalue weighted by atomic mass is 10.0. The van der Waals surface area contributed by atoms with Gasteiger partial charge in [0.25, 0.3) is 0 Å². The third-order valence-corrected chi connectivity index (χ3v) is 1.69. The van der Waals surface area contributed by atoms with E-state index in [4.69, 9.17) is 5.73 Å². The zero-order valence-electron chi connectivity index (χ0n) is 8.33. The topological polar surface area (TPSA) is 63.4 Å². The molecule has 0 fully saturated rings. The van der Waals surface area contributed by atoms with Crippen LogP contribution in [0.2, 0.25) is 0 Å². The van der Waals surface area contributed by atoms with Crippen molar-refractivity contribution in [2.45, 2.75) is 19.4 Å². The predicted molar refractivity (Wildman–Crippen MR) is 51.1 cm³/mol. The Morgan fingerprint density at radius 1 is 1.46 bits per heavy atom. The molecule has 0 spiro atoms. The number of primary amides is 1. The van der Waals surface area contributed by atoms with Crippen LogP contribution in [-0.4, -0.2) is 36.7 Å². The summed E-state index contributed by atoms with van der Waals surface area (Å²) in [6.45, 7) is 5.14. The first kappa shape index (κ1) is 11.8. The van der Waals surface area contributed by atoms with E-state index in [1.165, 1.54) is 6.92 Å². The Bertz CT molecular complexity index is 234. The highest BCUT2D eigenvalue weighted by Gasteiger charge is 2.20. The zero-order valence-corrected chi connectivity index (χ0v) is 8.33. The Hall–Kier alpha value is -1.16. The first-order valence-electron chi connectivity index (χ1n) is 3.99. The van der Waals surface area contributed by atoms with Crippen molar-refractivity contribution in [1.29, 1.82) is 0 Å². The van der Waals surface area contributed by atoms with Crippen molar-refractivity contribution in [3.05, 3.63) is 12.2 Å². The molecule has 0 aromatic heterocycles. The summed E-state index contributed by atoms with van der Waals surface area (Å²) in [7, 11) is 3.52. The minimum absolute atomic E-state index is 0.0312. The maximum Gasteiger partial charge on any atom is 0.221 e. The lowest BCUT2D eigenvalue weighted by molar-refractivity contribution is -0.120. The van der Waals surface area contributed by atoms with E-state index in [0.29, 0.717) is 5.57 Å². The zero-order chi connectivity index (χ0) is 10.6. The van der Waals surface area contributed by atoms with Crippen molar-refractivity contribution < 1.29 is 9.59 Å². The van der Waals surface area contributed by atoms with Gasteiger partial charge in [0.05, 0.1) is 6.04 Å². The number of amides is 1. The molecule has 4 nitrogen and oxygen atoms in total. The van der Waals surface area contributed by atoms with E-state index < -0.39 is 11.9 Å². The number of carbonyl (C=O) groups excluding carboxylic acids is 2. The maximum atomic E-state index is 11.2. The van der Waals surface area contributed by atoms with Gasteiger partial charge in [-0.05, 0) is 26.6 Å². The number of carbonyl (C=O) groups is 2. The summed E-state index contributed by atoms with van der Waals surface area (Å²) in [4.78, 5) is 23.5. The molecule has 4 heteroatoms. The first-order chi connectivity index (χ1) is 5.86. The number of ketones is 1. The standard InChI is InChI=1S/C9H16N2O2/c1-6(5-8(10)13)9(7(2)12)11(3)4/h9H,1,5H2,2-4H3,(H2,10,13)/t9-/m0/s1. The van der Waals surface area contributed by atoms with Crippen LogP contribution in [0.4, 0.5) is 0 Å². The molecule has 1 amide bonds. The third kappa shape index (κ3) is 3.85. The van der Waals surface area contributed by atoms with Crippen molar-refractivity contribution in [1.82, 2.24) is 4.90 Å². The average Bonchev–Trinajstić information content (AvgIpc) is 1.81. The van der Waals surface area contributed by atoms with Crippen molar-refractivity contribution in [2.75, 3.05) is 14.1 Å². The smallest absolute Gasteiger partial charge is 0.221 e. The number of hydrogen-bond acceptors (Lipinski definition) is 3. The molecule has 0 aliphatic rings. The molecule has 1 atom stereocenters. The van der Waals surface area contributed by atoms with Gasteiger partial charge in [0, 0.05) is 6.42 Å². The van der Waals surface area contributed by atoms with Gasteiger partial charge in [-0.15, -0.1) is 0 Å². The van der Waals surface area contributed by atoms with Gasteiger partial charge in [0.15, 0.2) is 5.78 Å². The van der Waals surface area contributed by atoms with Gasteiger partial charge in [0.2, 0.25) is 5.91 Å². The number of nitrogens with zero attached hydrogens (tertiary/aromatic N) is 1. The Morgan fingerprint density at radius 3 is 2.15 bits per heavy atom. The van der Waals surface area contributed by atoms with Gasteiger partial charge in [-0.2, -0.15) is 0 Å². The fourth-order valence-electron chi connectivity index (χ4n) is 1.34. The summed E-state index contributed by atoms with van der Waals surface area (Å²) >= 11 is 0. The molecule has 0 aliphatic heterocycles. The molecule has 2 N–H and O–H groups in total. The lowest BCUT2D eigenvalue weighted by Gasteiger charge is -2.22. The second-order valence-corrected chi connectivity index (χ2v) is 3.28. The quantitative estimate of drug-likeness (QED) is 0.609. The van der Waals surface area contributed by atoms with Crippen LogP contribution in [0.25, 0.3) is 0 Å². The monoisotopic (exact) mass is 184 g/mol. The van der Waals surface area contributed by atoms with E-state index >= 15 is 0 Å².